The van der Waals surface area contributed by atoms with Gasteiger partial charge in [-0.25, -0.2) is 4.79 Å². The lowest BCUT2D eigenvalue weighted by Gasteiger charge is -2.42. The van der Waals surface area contributed by atoms with Gasteiger partial charge in [-0.1, -0.05) is 6.92 Å². The molecule has 0 bridgehead atoms. The predicted octanol–water partition coefficient (Wildman–Crippen LogP) is 1.14. The first-order valence-electron chi connectivity index (χ1n) is 7.44. The van der Waals surface area contributed by atoms with Gasteiger partial charge in [0.15, 0.2) is 0 Å². The number of carboxylic acid groups (broad SMARTS) is 1. The smallest absolute Gasteiger partial charge is 0.320 e. The zero-order valence-corrected chi connectivity index (χ0v) is 12.0. The summed E-state index contributed by atoms with van der Waals surface area (Å²) in [5.41, 5.74) is -0.788. The van der Waals surface area contributed by atoms with Crippen molar-refractivity contribution in [2.45, 2.75) is 45.1 Å². The van der Waals surface area contributed by atoms with Crippen molar-refractivity contribution in [3.63, 3.8) is 0 Å². The fraction of sp³-hybridized carbons (Fsp3) is 0.857. The molecule has 2 rings (SSSR count). The van der Waals surface area contributed by atoms with Crippen molar-refractivity contribution >= 4 is 12.0 Å². The molecule has 0 saturated carbocycles. The number of hydrogen-bond acceptors (Lipinski definition) is 3. The minimum Gasteiger partial charge on any atom is -0.481 e. The van der Waals surface area contributed by atoms with Gasteiger partial charge in [-0.2, -0.15) is 0 Å². The molecule has 0 aromatic rings. The first kappa shape index (κ1) is 15.1. The van der Waals surface area contributed by atoms with Crippen molar-refractivity contribution in [2.24, 2.45) is 5.41 Å². The molecular weight excluding hydrogens is 260 g/mol. The number of aliphatic carboxylic acids is 1. The average Bonchev–Trinajstić information content (AvgIpc) is 2.47. The standard InChI is InChI=1S/C14H24N2O4/c1-2-14(12(18)19)6-3-7-16(10-14)13(20)15-8-4-11(17)5-9-15/h11,17H,2-10H2,1H3,(H,18,19). The minimum absolute atomic E-state index is 0.0734. The van der Waals surface area contributed by atoms with E-state index < -0.39 is 11.4 Å². The highest BCUT2D eigenvalue weighted by Gasteiger charge is 2.43. The Kier molecular flexibility index (Phi) is 4.52. The van der Waals surface area contributed by atoms with Gasteiger partial charge in [0.25, 0.3) is 0 Å². The number of amides is 2. The number of carbonyl (C=O) groups excluding carboxylic acids is 1. The Bertz CT molecular complexity index is 379. The van der Waals surface area contributed by atoms with E-state index in [0.717, 1.165) is 6.42 Å². The van der Waals surface area contributed by atoms with Crippen molar-refractivity contribution in [3.8, 4) is 0 Å². The minimum atomic E-state index is -0.799. The summed E-state index contributed by atoms with van der Waals surface area (Å²) >= 11 is 0. The Hall–Kier alpha value is -1.30. The summed E-state index contributed by atoms with van der Waals surface area (Å²) < 4.78 is 0. The van der Waals surface area contributed by atoms with Crippen molar-refractivity contribution in [1.29, 1.82) is 0 Å². The molecule has 6 nitrogen and oxygen atoms in total. The number of carbonyl (C=O) groups is 2. The maximum absolute atomic E-state index is 12.5. The van der Waals surface area contributed by atoms with Gasteiger partial charge >= 0.3 is 12.0 Å². The number of urea groups is 1. The number of carboxylic acids is 1. The number of piperidine rings is 2. The van der Waals surface area contributed by atoms with E-state index in [1.165, 1.54) is 0 Å². The quantitative estimate of drug-likeness (QED) is 0.797. The van der Waals surface area contributed by atoms with Crippen LogP contribution in [0.25, 0.3) is 0 Å². The Balaban J connectivity index is 2.01. The van der Waals surface area contributed by atoms with E-state index >= 15 is 0 Å². The second-order valence-corrected chi connectivity index (χ2v) is 5.96. The average molecular weight is 284 g/mol. The molecule has 2 fully saturated rings. The van der Waals surface area contributed by atoms with E-state index in [2.05, 4.69) is 0 Å². The highest BCUT2D eigenvalue weighted by Crippen LogP contribution is 2.34. The van der Waals surface area contributed by atoms with E-state index in [0.29, 0.717) is 51.9 Å². The van der Waals surface area contributed by atoms with Gasteiger partial charge in [0, 0.05) is 26.2 Å². The van der Waals surface area contributed by atoms with Crippen molar-refractivity contribution in [2.75, 3.05) is 26.2 Å². The van der Waals surface area contributed by atoms with E-state index in [1.54, 1.807) is 9.80 Å². The number of aliphatic hydroxyl groups excluding tert-OH is 1. The number of nitrogens with zero attached hydrogens (tertiary/aromatic N) is 2. The SMILES string of the molecule is CCC1(C(=O)O)CCCN(C(=O)N2CCC(O)CC2)C1. The lowest BCUT2D eigenvalue weighted by atomic mass is 9.78. The monoisotopic (exact) mass is 284 g/mol. The molecule has 0 aromatic heterocycles. The number of hydrogen-bond donors (Lipinski definition) is 2. The molecule has 2 N–H and O–H groups in total. The molecule has 2 amide bonds. The molecule has 2 aliphatic heterocycles. The van der Waals surface area contributed by atoms with Crippen LogP contribution in [0.5, 0.6) is 0 Å². The molecule has 20 heavy (non-hydrogen) atoms. The van der Waals surface area contributed by atoms with Crippen LogP contribution >= 0.6 is 0 Å². The maximum Gasteiger partial charge on any atom is 0.320 e. The zero-order chi connectivity index (χ0) is 14.8. The molecule has 6 heteroatoms. The first-order valence-corrected chi connectivity index (χ1v) is 7.44. The summed E-state index contributed by atoms with van der Waals surface area (Å²) in [6.07, 6.45) is 2.83. The summed E-state index contributed by atoms with van der Waals surface area (Å²) in [5.74, 6) is -0.799. The second kappa shape index (κ2) is 5.99. The highest BCUT2D eigenvalue weighted by atomic mass is 16.4. The van der Waals surface area contributed by atoms with Gasteiger partial charge < -0.3 is 20.0 Å². The van der Waals surface area contributed by atoms with Gasteiger partial charge in [0.1, 0.15) is 0 Å². The largest absolute Gasteiger partial charge is 0.481 e. The van der Waals surface area contributed by atoms with Crippen LogP contribution in [0.1, 0.15) is 39.0 Å². The third-order valence-corrected chi connectivity index (χ3v) is 4.71. The van der Waals surface area contributed by atoms with Crippen LogP contribution in [0.15, 0.2) is 0 Å². The van der Waals surface area contributed by atoms with E-state index in [9.17, 15) is 19.8 Å². The summed E-state index contributed by atoms with van der Waals surface area (Å²) in [7, 11) is 0. The summed E-state index contributed by atoms with van der Waals surface area (Å²) in [6.45, 7) is 3.92. The van der Waals surface area contributed by atoms with Gasteiger partial charge in [0.2, 0.25) is 0 Å². The highest BCUT2D eigenvalue weighted by molar-refractivity contribution is 5.79. The molecule has 114 valence electrons. The molecule has 0 aromatic carbocycles. The lowest BCUT2D eigenvalue weighted by molar-refractivity contribution is -0.152. The van der Waals surface area contributed by atoms with Gasteiger partial charge in [0.05, 0.1) is 11.5 Å². The third-order valence-electron chi connectivity index (χ3n) is 4.71. The Morgan fingerprint density at radius 3 is 2.40 bits per heavy atom. The molecule has 2 saturated heterocycles. The van der Waals surface area contributed by atoms with Gasteiger partial charge in [-0.05, 0) is 32.1 Å². The van der Waals surface area contributed by atoms with Gasteiger partial charge in [-0.15, -0.1) is 0 Å². The predicted molar refractivity (Wildman–Crippen MR) is 73.4 cm³/mol. The molecule has 0 aliphatic carbocycles. The van der Waals surface area contributed by atoms with Crippen LogP contribution in [0, 0.1) is 5.41 Å². The topological polar surface area (TPSA) is 81.1 Å². The fourth-order valence-electron chi connectivity index (χ4n) is 3.17. The van der Waals surface area contributed by atoms with Crippen molar-refractivity contribution < 1.29 is 19.8 Å². The van der Waals surface area contributed by atoms with E-state index in [4.69, 9.17) is 0 Å². The molecule has 1 atom stereocenters. The van der Waals surface area contributed by atoms with Crippen LogP contribution in [0.2, 0.25) is 0 Å². The normalized spacial score (nSPS) is 28.5. The molecule has 2 aliphatic rings. The third kappa shape index (κ3) is 2.90. The fourth-order valence-corrected chi connectivity index (χ4v) is 3.17. The molecule has 2 heterocycles. The summed E-state index contributed by atoms with van der Waals surface area (Å²) in [6, 6.07) is -0.0734. The van der Waals surface area contributed by atoms with Crippen LogP contribution in [-0.2, 0) is 4.79 Å². The van der Waals surface area contributed by atoms with Crippen LogP contribution in [-0.4, -0.2) is 64.3 Å². The van der Waals surface area contributed by atoms with Crippen molar-refractivity contribution in [3.05, 3.63) is 0 Å². The lowest BCUT2D eigenvalue weighted by Crippen LogP contribution is -2.54. The van der Waals surface area contributed by atoms with E-state index in [1.807, 2.05) is 6.92 Å². The number of rotatable bonds is 2. The molecule has 0 spiro atoms. The van der Waals surface area contributed by atoms with Gasteiger partial charge in [-0.3, -0.25) is 4.79 Å². The Labute approximate surface area is 119 Å². The van der Waals surface area contributed by atoms with E-state index in [-0.39, 0.29) is 12.1 Å². The molecule has 0 radical (unpaired) electrons. The maximum atomic E-state index is 12.5. The Morgan fingerprint density at radius 1 is 1.20 bits per heavy atom. The van der Waals surface area contributed by atoms with Crippen LogP contribution in [0.3, 0.4) is 0 Å². The number of aliphatic hydroxyl groups is 1. The summed E-state index contributed by atoms with van der Waals surface area (Å²) in [4.78, 5) is 27.4. The second-order valence-electron chi connectivity index (χ2n) is 5.96. The van der Waals surface area contributed by atoms with Crippen molar-refractivity contribution in [1.82, 2.24) is 9.80 Å². The molecular formula is C14H24N2O4. The first-order chi connectivity index (χ1) is 9.48. The summed E-state index contributed by atoms with van der Waals surface area (Å²) in [5, 5.41) is 18.9. The zero-order valence-electron chi connectivity index (χ0n) is 12.0. The number of likely N-dealkylation sites (tertiary alicyclic amines) is 2. The Morgan fingerprint density at radius 2 is 1.85 bits per heavy atom. The van der Waals surface area contributed by atoms with Crippen LogP contribution < -0.4 is 0 Å². The molecule has 1 unspecified atom stereocenters. The van der Waals surface area contributed by atoms with Crippen LogP contribution in [0.4, 0.5) is 4.79 Å².